The molecule has 2 aliphatic heterocycles. The van der Waals surface area contributed by atoms with E-state index in [1.165, 1.54) is 0 Å². The first-order valence-electron chi connectivity index (χ1n) is 8.19. The zero-order valence-electron chi connectivity index (χ0n) is 13.0. The predicted octanol–water partition coefficient (Wildman–Crippen LogP) is 3.56. The van der Waals surface area contributed by atoms with E-state index in [0.717, 1.165) is 37.9 Å². The monoisotopic (exact) mass is 324 g/mol. The van der Waals surface area contributed by atoms with E-state index in [1.807, 2.05) is 4.90 Å². The van der Waals surface area contributed by atoms with E-state index in [1.54, 1.807) is 0 Å². The summed E-state index contributed by atoms with van der Waals surface area (Å²) in [6, 6.07) is 1.24. The van der Waals surface area contributed by atoms with Crippen molar-refractivity contribution in [2.75, 3.05) is 0 Å². The van der Waals surface area contributed by atoms with Crippen molar-refractivity contribution in [3.63, 3.8) is 0 Å². The van der Waals surface area contributed by atoms with E-state index in [9.17, 15) is 18.0 Å². The van der Waals surface area contributed by atoms with Crippen LogP contribution >= 0.6 is 0 Å². The number of aromatic nitrogens is 1. The van der Waals surface area contributed by atoms with Crippen LogP contribution in [0.25, 0.3) is 0 Å². The molecule has 1 amide bonds. The summed E-state index contributed by atoms with van der Waals surface area (Å²) in [6.45, 7) is 2.39. The topological polar surface area (TPSA) is 33.2 Å². The quantitative estimate of drug-likeness (QED) is 0.731. The summed E-state index contributed by atoms with van der Waals surface area (Å²) in [4.78, 5) is 18.8. The van der Waals surface area contributed by atoms with Crippen LogP contribution in [0.1, 0.15) is 49.4 Å². The summed E-state index contributed by atoms with van der Waals surface area (Å²) in [5, 5.41) is 0. The van der Waals surface area contributed by atoms with E-state index in [2.05, 4.69) is 11.9 Å². The van der Waals surface area contributed by atoms with Gasteiger partial charge in [0.05, 0.1) is 11.0 Å². The average molecular weight is 324 g/mol. The summed E-state index contributed by atoms with van der Waals surface area (Å²) in [7, 11) is 0. The SMILES string of the molecule is CC1C2Cc3ncc(C(F)(F)F)cc3CN2C(=O)C12CCCC2. The molecular formula is C17H19F3N2O. The second-order valence-corrected chi connectivity index (χ2v) is 7.18. The smallest absolute Gasteiger partial charge is 0.334 e. The van der Waals surface area contributed by atoms with Crippen molar-refractivity contribution in [2.24, 2.45) is 11.3 Å². The van der Waals surface area contributed by atoms with Gasteiger partial charge in [-0.05, 0) is 30.4 Å². The molecule has 0 radical (unpaired) electrons. The Kier molecular flexibility index (Phi) is 3.06. The van der Waals surface area contributed by atoms with Gasteiger partial charge in [-0.3, -0.25) is 9.78 Å². The molecule has 1 aliphatic carbocycles. The van der Waals surface area contributed by atoms with Crippen LogP contribution in [-0.4, -0.2) is 21.8 Å². The van der Waals surface area contributed by atoms with Gasteiger partial charge in [0, 0.05) is 30.9 Å². The molecule has 1 aromatic rings. The minimum Gasteiger partial charge on any atom is -0.334 e. The fourth-order valence-corrected chi connectivity index (χ4v) is 4.82. The lowest BCUT2D eigenvalue weighted by molar-refractivity contribution is -0.138. The lowest BCUT2D eigenvalue weighted by Crippen LogP contribution is -2.40. The highest BCUT2D eigenvalue weighted by Crippen LogP contribution is 2.54. The van der Waals surface area contributed by atoms with E-state index in [-0.39, 0.29) is 29.8 Å². The molecule has 4 rings (SSSR count). The van der Waals surface area contributed by atoms with Crippen LogP contribution in [0.3, 0.4) is 0 Å². The van der Waals surface area contributed by atoms with Crippen LogP contribution in [0.5, 0.6) is 0 Å². The van der Waals surface area contributed by atoms with Crippen molar-refractivity contribution in [1.29, 1.82) is 0 Å². The Bertz CT molecular complexity index is 664. The number of carbonyl (C=O) groups is 1. The molecule has 0 bridgehead atoms. The number of rotatable bonds is 0. The molecule has 0 N–H and O–H groups in total. The van der Waals surface area contributed by atoms with Crippen LogP contribution in [-0.2, 0) is 23.9 Å². The van der Waals surface area contributed by atoms with Crippen LogP contribution in [0.4, 0.5) is 13.2 Å². The third kappa shape index (κ3) is 2.03. The maximum Gasteiger partial charge on any atom is 0.417 e. The fourth-order valence-electron chi connectivity index (χ4n) is 4.82. The molecule has 2 atom stereocenters. The zero-order valence-corrected chi connectivity index (χ0v) is 13.0. The first-order valence-corrected chi connectivity index (χ1v) is 8.19. The van der Waals surface area contributed by atoms with Crippen molar-refractivity contribution >= 4 is 5.91 Å². The number of halogens is 3. The summed E-state index contributed by atoms with van der Waals surface area (Å²) < 4.78 is 38.7. The molecule has 2 unspecified atom stereocenters. The van der Waals surface area contributed by atoms with Gasteiger partial charge in [-0.1, -0.05) is 19.8 Å². The van der Waals surface area contributed by atoms with Gasteiger partial charge >= 0.3 is 6.18 Å². The van der Waals surface area contributed by atoms with E-state index in [4.69, 9.17) is 0 Å². The fraction of sp³-hybridized carbons (Fsp3) is 0.647. The molecule has 3 nitrogen and oxygen atoms in total. The van der Waals surface area contributed by atoms with Crippen molar-refractivity contribution in [3.05, 3.63) is 29.1 Å². The first-order chi connectivity index (χ1) is 10.8. The highest BCUT2D eigenvalue weighted by molar-refractivity contribution is 5.86. The number of alkyl halides is 3. The summed E-state index contributed by atoms with van der Waals surface area (Å²) in [5.41, 5.74) is 0.255. The molecule has 23 heavy (non-hydrogen) atoms. The van der Waals surface area contributed by atoms with Crippen molar-refractivity contribution in [2.45, 2.75) is 57.8 Å². The molecule has 1 spiro atoms. The number of hydrogen-bond donors (Lipinski definition) is 0. The Morgan fingerprint density at radius 2 is 2.00 bits per heavy atom. The minimum atomic E-state index is -4.39. The highest BCUT2D eigenvalue weighted by atomic mass is 19.4. The van der Waals surface area contributed by atoms with Crippen molar-refractivity contribution in [3.8, 4) is 0 Å². The second-order valence-electron chi connectivity index (χ2n) is 7.18. The van der Waals surface area contributed by atoms with Gasteiger partial charge in [0.15, 0.2) is 0 Å². The van der Waals surface area contributed by atoms with Gasteiger partial charge in [-0.2, -0.15) is 13.2 Å². The number of amides is 1. The molecule has 3 heterocycles. The summed E-state index contributed by atoms with van der Waals surface area (Å²) >= 11 is 0. The molecule has 1 saturated carbocycles. The van der Waals surface area contributed by atoms with Crippen LogP contribution in [0.2, 0.25) is 0 Å². The molecule has 1 aromatic heterocycles. The first kappa shape index (κ1) is 15.0. The maximum absolute atomic E-state index is 12.9. The highest BCUT2D eigenvalue weighted by Gasteiger charge is 2.58. The van der Waals surface area contributed by atoms with Crippen LogP contribution < -0.4 is 0 Å². The number of nitrogens with zero attached hydrogens (tertiary/aromatic N) is 2. The Labute approximate surface area is 132 Å². The molecule has 6 heteroatoms. The van der Waals surface area contributed by atoms with Crippen LogP contribution in [0.15, 0.2) is 12.3 Å². The molecular weight excluding hydrogens is 305 g/mol. The summed E-state index contributed by atoms with van der Waals surface area (Å²) in [5.74, 6) is 0.394. The van der Waals surface area contributed by atoms with Gasteiger partial charge in [0.2, 0.25) is 5.91 Å². The van der Waals surface area contributed by atoms with Gasteiger partial charge < -0.3 is 4.90 Å². The molecule has 2 fully saturated rings. The third-order valence-corrected chi connectivity index (χ3v) is 6.16. The lowest BCUT2D eigenvalue weighted by Gasteiger charge is -2.33. The van der Waals surface area contributed by atoms with E-state index in [0.29, 0.717) is 17.7 Å². The average Bonchev–Trinajstić information content (AvgIpc) is 3.07. The number of carbonyl (C=O) groups excluding carboxylic acids is 1. The van der Waals surface area contributed by atoms with Crippen molar-refractivity contribution in [1.82, 2.24) is 9.88 Å². The van der Waals surface area contributed by atoms with E-state index >= 15 is 0 Å². The number of pyridine rings is 1. The van der Waals surface area contributed by atoms with Gasteiger partial charge in [-0.25, -0.2) is 0 Å². The Morgan fingerprint density at radius 1 is 1.30 bits per heavy atom. The number of hydrogen-bond acceptors (Lipinski definition) is 2. The molecule has 1 saturated heterocycles. The Morgan fingerprint density at radius 3 is 2.65 bits per heavy atom. The third-order valence-electron chi connectivity index (χ3n) is 6.16. The molecule has 0 aromatic carbocycles. The summed E-state index contributed by atoms with van der Waals surface area (Å²) in [6.07, 6.45) is 1.06. The lowest BCUT2D eigenvalue weighted by atomic mass is 9.74. The Balaban J connectivity index is 1.70. The number of fused-ring (bicyclic) bond motifs is 2. The zero-order chi connectivity index (χ0) is 16.4. The van der Waals surface area contributed by atoms with Crippen LogP contribution in [0, 0.1) is 11.3 Å². The minimum absolute atomic E-state index is 0.0809. The molecule has 3 aliphatic rings. The second kappa shape index (κ2) is 4.71. The predicted molar refractivity (Wildman–Crippen MR) is 77.3 cm³/mol. The van der Waals surface area contributed by atoms with E-state index < -0.39 is 11.7 Å². The normalized spacial score (nSPS) is 29.0. The van der Waals surface area contributed by atoms with Gasteiger partial charge in [0.25, 0.3) is 0 Å². The molecule has 124 valence electrons. The standard InChI is InChI=1S/C17H19F3N2O/c1-10-14-7-13-11(6-12(8-21-13)17(18,19)20)9-22(14)15(23)16(10)4-2-3-5-16/h6,8,10,14H,2-5,7,9H2,1H3. The van der Waals surface area contributed by atoms with Gasteiger partial charge in [-0.15, -0.1) is 0 Å². The largest absolute Gasteiger partial charge is 0.417 e. The van der Waals surface area contributed by atoms with Gasteiger partial charge in [0.1, 0.15) is 0 Å². The van der Waals surface area contributed by atoms with Crippen molar-refractivity contribution < 1.29 is 18.0 Å². The maximum atomic E-state index is 12.9. The Hall–Kier alpha value is -1.59.